The SMILES string of the molecule is CCC(=O)CCC(=O)N1Cc2ccccc2-c2nnn(SC)c2-c2ccccc21. The molecule has 0 spiro atoms. The molecule has 0 N–H and O–H groups in total. The summed E-state index contributed by atoms with van der Waals surface area (Å²) >= 11 is 1.47. The lowest BCUT2D eigenvalue weighted by molar-refractivity contribution is -0.123. The normalized spacial score (nSPS) is 12.4. The second kappa shape index (κ2) is 8.21. The Morgan fingerprint density at radius 1 is 1.03 bits per heavy atom. The molecule has 0 fully saturated rings. The van der Waals surface area contributed by atoms with Gasteiger partial charge in [0.25, 0.3) is 0 Å². The third kappa shape index (κ3) is 3.58. The number of nitrogens with zero attached hydrogens (tertiary/aromatic N) is 4. The molecule has 3 aromatic rings. The first kappa shape index (κ1) is 19.4. The molecule has 1 amide bonds. The summed E-state index contributed by atoms with van der Waals surface area (Å²) in [5, 5.41) is 8.77. The van der Waals surface area contributed by atoms with Crippen LogP contribution < -0.4 is 4.90 Å². The first-order chi connectivity index (χ1) is 14.1. The zero-order valence-corrected chi connectivity index (χ0v) is 17.3. The fraction of sp³-hybridized carbons (Fsp3) is 0.273. The highest BCUT2D eigenvalue weighted by molar-refractivity contribution is 7.97. The Hall–Kier alpha value is -2.93. The van der Waals surface area contributed by atoms with Gasteiger partial charge in [0.15, 0.2) is 0 Å². The summed E-state index contributed by atoms with van der Waals surface area (Å²) in [4.78, 5) is 26.8. The van der Waals surface area contributed by atoms with Crippen LogP contribution in [0.1, 0.15) is 31.7 Å². The molecule has 2 aromatic carbocycles. The third-order valence-corrected chi connectivity index (χ3v) is 5.78. The maximum absolute atomic E-state index is 13.2. The Bertz CT molecular complexity index is 1080. The Labute approximate surface area is 174 Å². The number of benzene rings is 2. The second-order valence-electron chi connectivity index (χ2n) is 6.89. The summed E-state index contributed by atoms with van der Waals surface area (Å²) in [6.07, 6.45) is 2.87. The fourth-order valence-corrected chi connectivity index (χ4v) is 4.12. The lowest BCUT2D eigenvalue weighted by atomic mass is 9.95. The first-order valence-electron chi connectivity index (χ1n) is 9.64. The van der Waals surface area contributed by atoms with Crippen molar-refractivity contribution in [2.45, 2.75) is 32.7 Å². The molecule has 6 nitrogen and oxygen atoms in total. The van der Waals surface area contributed by atoms with Crippen LogP contribution in [0.3, 0.4) is 0 Å². The van der Waals surface area contributed by atoms with Crippen molar-refractivity contribution in [3.63, 3.8) is 0 Å². The van der Waals surface area contributed by atoms with Crippen LogP contribution in [0.4, 0.5) is 5.69 Å². The molecule has 1 aliphatic rings. The average molecular weight is 407 g/mol. The number of carbonyl (C=O) groups is 2. The van der Waals surface area contributed by atoms with E-state index in [-0.39, 0.29) is 24.5 Å². The number of para-hydroxylation sites is 1. The quantitative estimate of drug-likeness (QED) is 0.630. The highest BCUT2D eigenvalue weighted by atomic mass is 32.2. The second-order valence-corrected chi connectivity index (χ2v) is 7.60. The zero-order valence-electron chi connectivity index (χ0n) is 16.5. The first-order valence-corrected chi connectivity index (χ1v) is 10.8. The molecular formula is C22H22N4O2S. The van der Waals surface area contributed by atoms with Gasteiger partial charge in [-0.15, -0.1) is 5.10 Å². The van der Waals surface area contributed by atoms with Crippen molar-refractivity contribution >= 4 is 29.3 Å². The number of hydrogen-bond acceptors (Lipinski definition) is 5. The number of fused-ring (bicyclic) bond motifs is 5. The van der Waals surface area contributed by atoms with Gasteiger partial charge in [0.1, 0.15) is 17.2 Å². The predicted octanol–water partition coefficient (Wildman–Crippen LogP) is 4.34. The lowest BCUT2D eigenvalue weighted by Crippen LogP contribution is -2.32. The molecular weight excluding hydrogens is 384 g/mol. The summed E-state index contributed by atoms with van der Waals surface area (Å²) in [5.74, 6) is 0.0479. The van der Waals surface area contributed by atoms with Crippen LogP contribution in [0.15, 0.2) is 48.5 Å². The summed E-state index contributed by atoms with van der Waals surface area (Å²) in [5.41, 5.74) is 5.39. The van der Waals surface area contributed by atoms with Crippen molar-refractivity contribution in [2.75, 3.05) is 11.2 Å². The van der Waals surface area contributed by atoms with Gasteiger partial charge < -0.3 is 4.90 Å². The molecule has 0 saturated carbocycles. The summed E-state index contributed by atoms with van der Waals surface area (Å²) in [6, 6.07) is 15.8. The molecule has 7 heteroatoms. The fourth-order valence-electron chi connectivity index (χ4n) is 3.64. The van der Waals surface area contributed by atoms with Gasteiger partial charge in [-0.1, -0.05) is 54.6 Å². The molecule has 148 valence electrons. The minimum absolute atomic E-state index is 0.0549. The molecule has 0 bridgehead atoms. The number of ketones is 1. The molecule has 1 aromatic heterocycles. The minimum Gasteiger partial charge on any atom is -0.307 e. The van der Waals surface area contributed by atoms with E-state index in [1.54, 1.807) is 8.99 Å². The Balaban J connectivity index is 1.88. The van der Waals surface area contributed by atoms with E-state index < -0.39 is 0 Å². The number of amides is 1. The number of carbonyl (C=O) groups excluding carboxylic acids is 2. The maximum atomic E-state index is 13.2. The number of hydrogen-bond donors (Lipinski definition) is 0. The Morgan fingerprint density at radius 3 is 2.52 bits per heavy atom. The van der Waals surface area contributed by atoms with Crippen molar-refractivity contribution in [3.8, 4) is 22.5 Å². The zero-order chi connectivity index (χ0) is 20.4. The summed E-state index contributed by atoms with van der Waals surface area (Å²) in [6.45, 7) is 2.25. The summed E-state index contributed by atoms with van der Waals surface area (Å²) in [7, 11) is 0. The monoisotopic (exact) mass is 406 g/mol. The van der Waals surface area contributed by atoms with E-state index in [0.717, 1.165) is 33.8 Å². The molecule has 4 rings (SSSR count). The Morgan fingerprint density at radius 2 is 1.76 bits per heavy atom. The summed E-state index contributed by atoms with van der Waals surface area (Å²) < 4.78 is 1.79. The van der Waals surface area contributed by atoms with Crippen LogP contribution >= 0.6 is 11.9 Å². The van der Waals surface area contributed by atoms with E-state index in [1.165, 1.54) is 11.9 Å². The van der Waals surface area contributed by atoms with Gasteiger partial charge in [-0.05, 0) is 23.6 Å². The molecule has 0 saturated heterocycles. The Kier molecular flexibility index (Phi) is 5.49. The van der Waals surface area contributed by atoms with E-state index in [4.69, 9.17) is 0 Å². The highest BCUT2D eigenvalue weighted by Crippen LogP contribution is 2.42. The van der Waals surface area contributed by atoms with Crippen LogP contribution in [-0.2, 0) is 16.1 Å². The largest absolute Gasteiger partial charge is 0.307 e. The molecule has 1 aliphatic heterocycles. The van der Waals surface area contributed by atoms with Gasteiger partial charge in [0, 0.05) is 36.6 Å². The van der Waals surface area contributed by atoms with Crippen LogP contribution in [0.5, 0.6) is 0 Å². The van der Waals surface area contributed by atoms with Crippen LogP contribution in [0.25, 0.3) is 22.5 Å². The predicted molar refractivity (Wildman–Crippen MR) is 116 cm³/mol. The van der Waals surface area contributed by atoms with Gasteiger partial charge in [0.2, 0.25) is 5.91 Å². The minimum atomic E-state index is -0.0549. The molecule has 0 unspecified atom stereocenters. The van der Waals surface area contributed by atoms with E-state index in [9.17, 15) is 9.59 Å². The average Bonchev–Trinajstić information content (AvgIpc) is 3.18. The van der Waals surface area contributed by atoms with Crippen LogP contribution in [0, 0.1) is 0 Å². The van der Waals surface area contributed by atoms with Gasteiger partial charge >= 0.3 is 0 Å². The van der Waals surface area contributed by atoms with Gasteiger partial charge in [-0.3, -0.25) is 9.59 Å². The number of rotatable bonds is 5. The van der Waals surface area contributed by atoms with Crippen LogP contribution in [-0.4, -0.2) is 32.3 Å². The van der Waals surface area contributed by atoms with E-state index in [2.05, 4.69) is 10.3 Å². The van der Waals surface area contributed by atoms with E-state index in [1.807, 2.05) is 61.7 Å². The topological polar surface area (TPSA) is 68.1 Å². The van der Waals surface area contributed by atoms with Crippen molar-refractivity contribution in [1.82, 2.24) is 14.4 Å². The molecule has 29 heavy (non-hydrogen) atoms. The van der Waals surface area contributed by atoms with E-state index >= 15 is 0 Å². The van der Waals surface area contributed by atoms with Crippen molar-refractivity contribution < 1.29 is 9.59 Å². The number of aromatic nitrogens is 3. The number of anilines is 1. The highest BCUT2D eigenvalue weighted by Gasteiger charge is 2.29. The lowest BCUT2D eigenvalue weighted by Gasteiger charge is -2.28. The molecule has 0 atom stereocenters. The third-order valence-electron chi connectivity index (χ3n) is 5.18. The smallest absolute Gasteiger partial charge is 0.227 e. The van der Waals surface area contributed by atoms with Gasteiger partial charge in [-0.25, -0.2) is 0 Å². The molecule has 2 heterocycles. The maximum Gasteiger partial charge on any atom is 0.227 e. The number of Topliss-reactive ketones (excluding diaryl/α,β-unsaturated/α-hetero) is 1. The standard InChI is InChI=1S/C22H22N4O2S/c1-3-16(27)12-13-20(28)25-14-15-8-4-5-9-17(15)21-22(26(29-2)24-23-21)18-10-6-7-11-19(18)25/h4-11H,3,12-14H2,1-2H3. The van der Waals surface area contributed by atoms with Crippen LogP contribution in [0.2, 0.25) is 0 Å². The molecule has 0 aliphatic carbocycles. The van der Waals surface area contributed by atoms with Gasteiger partial charge in [0.05, 0.1) is 12.2 Å². The van der Waals surface area contributed by atoms with Crippen molar-refractivity contribution in [3.05, 3.63) is 54.1 Å². The molecule has 0 radical (unpaired) electrons. The van der Waals surface area contributed by atoms with Gasteiger partial charge in [-0.2, -0.15) is 4.09 Å². The van der Waals surface area contributed by atoms with E-state index in [0.29, 0.717) is 13.0 Å². The van der Waals surface area contributed by atoms with Crippen molar-refractivity contribution in [1.29, 1.82) is 0 Å². The van der Waals surface area contributed by atoms with Crippen molar-refractivity contribution in [2.24, 2.45) is 0 Å².